The van der Waals surface area contributed by atoms with Gasteiger partial charge >= 0.3 is 5.97 Å². The van der Waals surface area contributed by atoms with Crippen LogP contribution in [0.3, 0.4) is 0 Å². The molecule has 0 radical (unpaired) electrons. The van der Waals surface area contributed by atoms with Gasteiger partial charge in [0.1, 0.15) is 6.10 Å². The Morgan fingerprint density at radius 1 is 1.43 bits per heavy atom. The van der Waals surface area contributed by atoms with Gasteiger partial charge in [0.15, 0.2) is 0 Å². The smallest absolute Gasteiger partial charge is 0.330 e. The zero-order valence-corrected chi connectivity index (χ0v) is 8.19. The lowest BCUT2D eigenvalue weighted by molar-refractivity contribution is -0.145. The highest BCUT2D eigenvalue weighted by molar-refractivity contribution is 5.81. The molecule has 0 amide bonds. The molecule has 2 saturated carbocycles. The van der Waals surface area contributed by atoms with E-state index in [-0.39, 0.29) is 18.7 Å². The predicted molar refractivity (Wildman–Crippen MR) is 51.5 cm³/mol. The molecule has 4 atom stereocenters. The quantitative estimate of drug-likeness (QED) is 0.543. The SMILES string of the molecule is C=CC(=O)OC1CC2CC1CC2CO. The summed E-state index contributed by atoms with van der Waals surface area (Å²) >= 11 is 0. The largest absolute Gasteiger partial charge is 0.459 e. The van der Waals surface area contributed by atoms with E-state index in [9.17, 15) is 4.79 Å². The van der Waals surface area contributed by atoms with Gasteiger partial charge < -0.3 is 9.84 Å². The summed E-state index contributed by atoms with van der Waals surface area (Å²) in [6, 6.07) is 0. The molecule has 0 heterocycles. The minimum absolute atomic E-state index is 0.0771. The Balaban J connectivity index is 1.90. The summed E-state index contributed by atoms with van der Waals surface area (Å²) in [7, 11) is 0. The average Bonchev–Trinajstić information content (AvgIpc) is 2.75. The van der Waals surface area contributed by atoms with Gasteiger partial charge in [-0.05, 0) is 37.0 Å². The first-order valence-electron chi connectivity index (χ1n) is 5.18. The van der Waals surface area contributed by atoms with E-state index >= 15 is 0 Å². The highest BCUT2D eigenvalue weighted by atomic mass is 16.5. The summed E-state index contributed by atoms with van der Waals surface area (Å²) in [6.07, 6.45) is 4.34. The number of fused-ring (bicyclic) bond motifs is 2. The van der Waals surface area contributed by atoms with Crippen LogP contribution in [0.4, 0.5) is 0 Å². The fourth-order valence-corrected chi connectivity index (χ4v) is 2.91. The van der Waals surface area contributed by atoms with Crippen molar-refractivity contribution in [3.63, 3.8) is 0 Å². The highest BCUT2D eigenvalue weighted by Gasteiger charge is 2.46. The fourth-order valence-electron chi connectivity index (χ4n) is 2.91. The standard InChI is InChI=1S/C11H16O3/c1-2-11(13)14-10-5-7-3-8(10)4-9(7)6-12/h2,7-10,12H,1,3-6H2. The summed E-state index contributed by atoms with van der Waals surface area (Å²) in [5.74, 6) is 1.16. The molecule has 2 aliphatic carbocycles. The Hall–Kier alpha value is -0.830. The Kier molecular flexibility index (Phi) is 2.59. The molecule has 3 heteroatoms. The van der Waals surface area contributed by atoms with E-state index in [4.69, 9.17) is 9.84 Å². The third-order valence-corrected chi connectivity index (χ3v) is 3.61. The molecule has 3 nitrogen and oxygen atoms in total. The van der Waals surface area contributed by atoms with Crippen molar-refractivity contribution in [1.29, 1.82) is 0 Å². The van der Waals surface area contributed by atoms with Crippen LogP contribution < -0.4 is 0 Å². The van der Waals surface area contributed by atoms with Crippen LogP contribution in [0.2, 0.25) is 0 Å². The van der Waals surface area contributed by atoms with E-state index in [1.54, 1.807) is 0 Å². The van der Waals surface area contributed by atoms with Crippen molar-refractivity contribution in [3.05, 3.63) is 12.7 Å². The molecule has 4 unspecified atom stereocenters. The second-order valence-electron chi connectivity index (χ2n) is 4.35. The van der Waals surface area contributed by atoms with Crippen LogP contribution in [0.25, 0.3) is 0 Å². The molecule has 0 spiro atoms. The normalized spacial score (nSPS) is 39.8. The summed E-state index contributed by atoms with van der Waals surface area (Å²) in [4.78, 5) is 11.0. The maximum Gasteiger partial charge on any atom is 0.330 e. The Labute approximate surface area is 83.8 Å². The monoisotopic (exact) mass is 196 g/mol. The van der Waals surface area contributed by atoms with E-state index in [2.05, 4.69) is 6.58 Å². The number of hydrogen-bond donors (Lipinski definition) is 1. The number of aliphatic hydroxyl groups excluding tert-OH is 1. The minimum atomic E-state index is -0.317. The molecule has 14 heavy (non-hydrogen) atoms. The van der Waals surface area contributed by atoms with E-state index in [0.29, 0.717) is 17.8 Å². The first-order chi connectivity index (χ1) is 6.74. The van der Waals surface area contributed by atoms with E-state index in [1.807, 2.05) is 0 Å². The van der Waals surface area contributed by atoms with Gasteiger partial charge in [-0.25, -0.2) is 4.79 Å². The van der Waals surface area contributed by atoms with Gasteiger partial charge in [0.05, 0.1) is 0 Å². The van der Waals surface area contributed by atoms with Crippen molar-refractivity contribution in [3.8, 4) is 0 Å². The number of hydrogen-bond acceptors (Lipinski definition) is 3. The Bertz CT molecular complexity index is 249. The number of ether oxygens (including phenoxy) is 1. The van der Waals surface area contributed by atoms with Crippen molar-refractivity contribution in [2.45, 2.75) is 25.4 Å². The third kappa shape index (κ3) is 1.57. The Morgan fingerprint density at radius 3 is 2.71 bits per heavy atom. The van der Waals surface area contributed by atoms with Gasteiger partial charge in [-0.15, -0.1) is 0 Å². The molecule has 0 aliphatic heterocycles. The molecule has 2 fully saturated rings. The molecule has 0 aromatic carbocycles. The van der Waals surface area contributed by atoms with Crippen LogP contribution in [-0.4, -0.2) is 23.8 Å². The Morgan fingerprint density at radius 2 is 2.21 bits per heavy atom. The lowest BCUT2D eigenvalue weighted by atomic mass is 9.88. The van der Waals surface area contributed by atoms with E-state index < -0.39 is 0 Å². The fraction of sp³-hybridized carbons (Fsp3) is 0.727. The maximum atomic E-state index is 11.0. The van der Waals surface area contributed by atoms with Gasteiger partial charge in [0.25, 0.3) is 0 Å². The zero-order chi connectivity index (χ0) is 10.1. The van der Waals surface area contributed by atoms with Gasteiger partial charge in [0, 0.05) is 12.7 Å². The van der Waals surface area contributed by atoms with Crippen molar-refractivity contribution < 1.29 is 14.6 Å². The van der Waals surface area contributed by atoms with Gasteiger partial charge in [-0.3, -0.25) is 0 Å². The van der Waals surface area contributed by atoms with Crippen molar-refractivity contribution in [1.82, 2.24) is 0 Å². The van der Waals surface area contributed by atoms with Crippen molar-refractivity contribution >= 4 is 5.97 Å². The lowest BCUT2D eigenvalue weighted by Crippen LogP contribution is -2.27. The number of aliphatic hydroxyl groups is 1. The molecule has 1 N–H and O–H groups in total. The highest BCUT2D eigenvalue weighted by Crippen LogP contribution is 2.49. The number of carbonyl (C=O) groups is 1. The average molecular weight is 196 g/mol. The second-order valence-corrected chi connectivity index (χ2v) is 4.35. The second kappa shape index (κ2) is 3.73. The van der Waals surface area contributed by atoms with Crippen molar-refractivity contribution in [2.75, 3.05) is 6.61 Å². The van der Waals surface area contributed by atoms with Gasteiger partial charge in [0.2, 0.25) is 0 Å². The van der Waals surface area contributed by atoms with Gasteiger partial charge in [-0.2, -0.15) is 0 Å². The third-order valence-electron chi connectivity index (χ3n) is 3.61. The molecule has 2 rings (SSSR count). The molecule has 0 aromatic rings. The molecule has 0 aromatic heterocycles. The minimum Gasteiger partial charge on any atom is -0.459 e. The predicted octanol–water partition coefficient (Wildman–Crippen LogP) is 1.12. The summed E-state index contributed by atoms with van der Waals surface area (Å²) in [5, 5.41) is 9.08. The van der Waals surface area contributed by atoms with Crippen LogP contribution in [0, 0.1) is 17.8 Å². The number of esters is 1. The molecular weight excluding hydrogens is 180 g/mol. The van der Waals surface area contributed by atoms with Crippen molar-refractivity contribution in [2.24, 2.45) is 17.8 Å². The number of carbonyl (C=O) groups excluding carboxylic acids is 1. The summed E-state index contributed by atoms with van der Waals surface area (Å²) in [6.45, 7) is 3.66. The van der Waals surface area contributed by atoms with Gasteiger partial charge in [-0.1, -0.05) is 6.58 Å². The lowest BCUT2D eigenvalue weighted by Gasteiger charge is -2.26. The van der Waals surface area contributed by atoms with Crippen LogP contribution >= 0.6 is 0 Å². The van der Waals surface area contributed by atoms with Crippen LogP contribution in [-0.2, 0) is 9.53 Å². The van der Waals surface area contributed by atoms with E-state index in [0.717, 1.165) is 19.3 Å². The first kappa shape index (κ1) is 9.71. The summed E-state index contributed by atoms with van der Waals surface area (Å²) in [5.41, 5.74) is 0. The molecule has 2 aliphatic rings. The molecule has 0 saturated heterocycles. The van der Waals surface area contributed by atoms with Crippen LogP contribution in [0.5, 0.6) is 0 Å². The molecular formula is C11H16O3. The first-order valence-corrected chi connectivity index (χ1v) is 5.18. The van der Waals surface area contributed by atoms with E-state index in [1.165, 1.54) is 6.08 Å². The zero-order valence-electron chi connectivity index (χ0n) is 8.19. The number of rotatable bonds is 3. The maximum absolute atomic E-state index is 11.0. The van der Waals surface area contributed by atoms with Crippen LogP contribution in [0.15, 0.2) is 12.7 Å². The van der Waals surface area contributed by atoms with Crippen LogP contribution in [0.1, 0.15) is 19.3 Å². The topological polar surface area (TPSA) is 46.5 Å². The molecule has 78 valence electrons. The summed E-state index contributed by atoms with van der Waals surface area (Å²) < 4.78 is 5.25. The molecule has 2 bridgehead atoms.